The molecule has 3 fully saturated rings. The molecule has 0 aliphatic carbocycles. The van der Waals surface area contributed by atoms with Crippen molar-refractivity contribution in [1.82, 2.24) is 9.80 Å². The van der Waals surface area contributed by atoms with Gasteiger partial charge in [-0.25, -0.2) is 0 Å². The summed E-state index contributed by atoms with van der Waals surface area (Å²) in [6.45, 7) is 8.06. The van der Waals surface area contributed by atoms with Crippen LogP contribution in [0.1, 0.15) is 35.0 Å². The number of thiophene rings is 1. The summed E-state index contributed by atoms with van der Waals surface area (Å²) in [7, 11) is 1.78. The van der Waals surface area contributed by atoms with Crippen molar-refractivity contribution in [2.24, 2.45) is 5.92 Å². The van der Waals surface area contributed by atoms with Gasteiger partial charge in [-0.15, -0.1) is 11.3 Å². The maximum Gasteiger partial charge on any atom is 0.169 e. The molecule has 5 heteroatoms. The van der Waals surface area contributed by atoms with E-state index in [0.29, 0.717) is 6.04 Å². The van der Waals surface area contributed by atoms with Crippen LogP contribution in [-0.2, 0) is 11.3 Å². The van der Waals surface area contributed by atoms with Crippen LogP contribution >= 0.6 is 11.3 Å². The third-order valence-corrected chi connectivity index (χ3v) is 5.97. The lowest BCUT2D eigenvalue weighted by Crippen LogP contribution is -2.45. The highest BCUT2D eigenvalue weighted by molar-refractivity contribution is 7.12. The van der Waals surface area contributed by atoms with Crippen molar-refractivity contribution in [3.05, 3.63) is 21.9 Å². The SMILES string of the molecule is COCCN1C[C@@H]2CC[C@H]1CN(Cc1csc(C(C)=O)c1)C2. The molecule has 2 atom stereocenters. The van der Waals surface area contributed by atoms with Crippen LogP contribution in [0.25, 0.3) is 0 Å². The van der Waals surface area contributed by atoms with Gasteiger partial charge in [0.15, 0.2) is 5.78 Å². The monoisotopic (exact) mass is 322 g/mol. The third kappa shape index (κ3) is 3.77. The summed E-state index contributed by atoms with van der Waals surface area (Å²) in [5.41, 5.74) is 1.29. The number of ether oxygens (including phenoxy) is 1. The van der Waals surface area contributed by atoms with Crippen molar-refractivity contribution < 1.29 is 9.53 Å². The molecule has 3 aliphatic heterocycles. The largest absolute Gasteiger partial charge is 0.383 e. The standard InChI is InChI=1S/C17H26N2O2S/c1-13(20)17-7-15(12-22-17)9-18-8-14-3-4-16(11-18)19(10-14)5-6-21-2/h7,12,14,16H,3-6,8-11H2,1-2H3/t14-,16+/m1/s1. The summed E-state index contributed by atoms with van der Waals surface area (Å²) in [5.74, 6) is 0.958. The summed E-state index contributed by atoms with van der Waals surface area (Å²) in [6, 6.07) is 2.74. The number of hydrogen-bond acceptors (Lipinski definition) is 5. The number of hydrogen-bond donors (Lipinski definition) is 0. The van der Waals surface area contributed by atoms with E-state index >= 15 is 0 Å². The number of Topliss-reactive ketones (excluding diaryl/α,β-unsaturated/α-hetero) is 1. The van der Waals surface area contributed by atoms with E-state index in [-0.39, 0.29) is 5.78 Å². The Morgan fingerprint density at radius 1 is 1.36 bits per heavy atom. The molecule has 3 aliphatic rings. The van der Waals surface area contributed by atoms with Gasteiger partial charge in [-0.3, -0.25) is 14.6 Å². The molecule has 3 saturated heterocycles. The van der Waals surface area contributed by atoms with Gasteiger partial charge >= 0.3 is 0 Å². The molecule has 0 N–H and O–H groups in total. The van der Waals surface area contributed by atoms with Crippen LogP contribution in [0.15, 0.2) is 11.4 Å². The molecule has 1 aromatic heterocycles. The molecule has 4 rings (SSSR count). The maximum atomic E-state index is 11.4. The predicted molar refractivity (Wildman–Crippen MR) is 89.6 cm³/mol. The molecule has 0 saturated carbocycles. The second-order valence-electron chi connectivity index (χ2n) is 6.65. The summed E-state index contributed by atoms with van der Waals surface area (Å²) in [6.07, 6.45) is 2.67. The molecule has 4 nitrogen and oxygen atoms in total. The highest BCUT2D eigenvalue weighted by Crippen LogP contribution is 2.29. The van der Waals surface area contributed by atoms with Crippen LogP contribution in [0.5, 0.6) is 0 Å². The fourth-order valence-electron chi connectivity index (χ4n) is 3.79. The van der Waals surface area contributed by atoms with Crippen LogP contribution < -0.4 is 0 Å². The normalized spacial score (nSPS) is 26.3. The van der Waals surface area contributed by atoms with Crippen LogP contribution in [0.4, 0.5) is 0 Å². The van der Waals surface area contributed by atoms with Gasteiger partial charge in [0.1, 0.15) is 0 Å². The van der Waals surface area contributed by atoms with E-state index in [1.807, 2.05) is 0 Å². The van der Waals surface area contributed by atoms with Crippen molar-refractivity contribution in [2.75, 3.05) is 39.9 Å². The number of fused-ring (bicyclic) bond motifs is 4. The number of carbonyl (C=O) groups is 1. The van der Waals surface area contributed by atoms with Gasteiger partial charge < -0.3 is 4.74 Å². The fourth-order valence-corrected chi connectivity index (χ4v) is 4.60. The average Bonchev–Trinajstić information content (AvgIpc) is 2.79. The Morgan fingerprint density at radius 2 is 2.23 bits per heavy atom. The van der Waals surface area contributed by atoms with E-state index in [9.17, 15) is 4.79 Å². The van der Waals surface area contributed by atoms with Crippen molar-refractivity contribution in [2.45, 2.75) is 32.4 Å². The first-order valence-corrected chi connectivity index (χ1v) is 9.07. The molecule has 122 valence electrons. The Labute approximate surface area is 137 Å². The summed E-state index contributed by atoms with van der Waals surface area (Å²) in [5, 5.41) is 2.15. The minimum Gasteiger partial charge on any atom is -0.383 e. The quantitative estimate of drug-likeness (QED) is 0.754. The molecule has 22 heavy (non-hydrogen) atoms. The molecule has 2 bridgehead atoms. The Balaban J connectivity index is 1.62. The van der Waals surface area contributed by atoms with E-state index < -0.39 is 0 Å². The second kappa shape index (κ2) is 7.21. The molecule has 0 amide bonds. The molecule has 0 aromatic carbocycles. The number of nitrogens with zero attached hydrogens (tertiary/aromatic N) is 2. The lowest BCUT2D eigenvalue weighted by atomic mass is 9.95. The Hall–Kier alpha value is -0.750. The number of methoxy groups -OCH3 is 1. The smallest absolute Gasteiger partial charge is 0.169 e. The average molecular weight is 322 g/mol. The highest BCUT2D eigenvalue weighted by atomic mass is 32.1. The van der Waals surface area contributed by atoms with Crippen molar-refractivity contribution in [3.8, 4) is 0 Å². The fraction of sp³-hybridized carbons (Fsp3) is 0.706. The molecule has 4 heterocycles. The van der Waals surface area contributed by atoms with Gasteiger partial charge in [-0.05, 0) is 42.7 Å². The zero-order valence-electron chi connectivity index (χ0n) is 13.6. The van der Waals surface area contributed by atoms with Gasteiger partial charge in [0.25, 0.3) is 0 Å². The van der Waals surface area contributed by atoms with Gasteiger partial charge in [-0.2, -0.15) is 0 Å². The van der Waals surface area contributed by atoms with Gasteiger partial charge in [0.05, 0.1) is 11.5 Å². The van der Waals surface area contributed by atoms with E-state index in [4.69, 9.17) is 4.74 Å². The Morgan fingerprint density at radius 3 is 2.95 bits per heavy atom. The number of piperidine rings is 1. The summed E-state index contributed by atoms with van der Waals surface area (Å²) in [4.78, 5) is 17.5. The van der Waals surface area contributed by atoms with E-state index in [2.05, 4.69) is 21.2 Å². The number of ketones is 1. The zero-order chi connectivity index (χ0) is 15.5. The van der Waals surface area contributed by atoms with Crippen LogP contribution in [0.2, 0.25) is 0 Å². The van der Waals surface area contributed by atoms with Crippen LogP contribution in [-0.4, -0.2) is 61.5 Å². The van der Waals surface area contributed by atoms with E-state index in [0.717, 1.165) is 37.0 Å². The van der Waals surface area contributed by atoms with Gasteiger partial charge in [0.2, 0.25) is 0 Å². The number of carbonyl (C=O) groups excluding carboxylic acids is 1. The van der Waals surface area contributed by atoms with Crippen LogP contribution in [0.3, 0.4) is 0 Å². The number of rotatable bonds is 6. The van der Waals surface area contributed by atoms with Crippen molar-refractivity contribution in [1.29, 1.82) is 0 Å². The molecular weight excluding hydrogens is 296 g/mol. The summed E-state index contributed by atoms with van der Waals surface area (Å²) >= 11 is 1.58. The first kappa shape index (κ1) is 16.1. The molecule has 0 spiro atoms. The highest BCUT2D eigenvalue weighted by Gasteiger charge is 2.34. The lowest BCUT2D eigenvalue weighted by molar-refractivity contribution is 0.0867. The first-order chi connectivity index (χ1) is 10.7. The molecule has 0 radical (unpaired) electrons. The molecule has 0 unspecified atom stereocenters. The molecule has 1 aromatic rings. The van der Waals surface area contributed by atoms with Crippen LogP contribution in [0, 0.1) is 5.92 Å². The van der Waals surface area contributed by atoms with E-state index in [1.54, 1.807) is 25.4 Å². The lowest BCUT2D eigenvalue weighted by Gasteiger charge is -2.35. The van der Waals surface area contributed by atoms with Gasteiger partial charge in [0, 0.05) is 45.9 Å². The first-order valence-electron chi connectivity index (χ1n) is 8.19. The Bertz CT molecular complexity index is 517. The topological polar surface area (TPSA) is 32.8 Å². The van der Waals surface area contributed by atoms with E-state index in [1.165, 1.54) is 31.5 Å². The van der Waals surface area contributed by atoms with Crippen molar-refractivity contribution in [3.63, 3.8) is 0 Å². The maximum absolute atomic E-state index is 11.4. The third-order valence-electron chi connectivity index (χ3n) is 4.89. The second-order valence-corrected chi connectivity index (χ2v) is 7.57. The predicted octanol–water partition coefficient (Wildman–Crippen LogP) is 2.49. The minimum absolute atomic E-state index is 0.179. The molecular formula is C17H26N2O2S. The summed E-state index contributed by atoms with van der Waals surface area (Å²) < 4.78 is 5.25. The Kier molecular flexibility index (Phi) is 5.29. The minimum atomic E-state index is 0.179. The zero-order valence-corrected chi connectivity index (χ0v) is 14.4. The van der Waals surface area contributed by atoms with Gasteiger partial charge in [-0.1, -0.05) is 0 Å². The van der Waals surface area contributed by atoms with Crippen molar-refractivity contribution >= 4 is 17.1 Å².